The minimum atomic E-state index is -4.30. The number of hydrogen-bond donors (Lipinski definition) is 2. The Morgan fingerprint density at radius 2 is 1.96 bits per heavy atom. The zero-order chi connectivity index (χ0) is 20.3. The smallest absolute Gasteiger partial charge is 0.369 e. The van der Waals surface area contributed by atoms with E-state index in [4.69, 9.17) is 0 Å². The van der Waals surface area contributed by atoms with Gasteiger partial charge in [-0.1, -0.05) is 0 Å². The molecule has 0 saturated carbocycles. The lowest BCUT2D eigenvalue weighted by molar-refractivity contribution is -0.131. The number of aromatic nitrogens is 3. The van der Waals surface area contributed by atoms with E-state index in [9.17, 15) is 18.0 Å². The molecule has 3 heterocycles. The number of nitrogens with one attached hydrogen (secondary N) is 2. The summed E-state index contributed by atoms with van der Waals surface area (Å²) in [6.45, 7) is 3.80. The highest BCUT2D eigenvalue weighted by molar-refractivity contribution is 5.93. The standard InChI is InChI=1S/C19H20F3N5O/c1-3-27-9-5-13-11-15(25-14-10-12(2)4-7-23-14)26-17(16(13)18(27)28)24-8-6-19(20,21)22/h4-5,7,9-11H,3,6,8H2,1-2H3,(H2,23,24,25,26). The third-order valence-corrected chi connectivity index (χ3v) is 4.17. The Bertz CT molecular complexity index is 1050. The van der Waals surface area contributed by atoms with E-state index in [1.807, 2.05) is 26.0 Å². The van der Waals surface area contributed by atoms with Crippen LogP contribution in [0.1, 0.15) is 18.9 Å². The molecule has 0 aliphatic heterocycles. The summed E-state index contributed by atoms with van der Waals surface area (Å²) in [6.07, 6.45) is -2.03. The van der Waals surface area contributed by atoms with Gasteiger partial charge in [0.1, 0.15) is 17.5 Å². The van der Waals surface area contributed by atoms with Gasteiger partial charge in [0.2, 0.25) is 0 Å². The van der Waals surface area contributed by atoms with E-state index < -0.39 is 12.6 Å². The topological polar surface area (TPSA) is 71.8 Å². The minimum Gasteiger partial charge on any atom is -0.369 e. The summed E-state index contributed by atoms with van der Waals surface area (Å²) < 4.78 is 39.1. The van der Waals surface area contributed by atoms with Crippen LogP contribution in [-0.4, -0.2) is 27.3 Å². The molecule has 148 valence electrons. The fraction of sp³-hybridized carbons (Fsp3) is 0.316. The average molecular weight is 391 g/mol. The molecule has 3 aromatic heterocycles. The van der Waals surface area contributed by atoms with Crippen molar-refractivity contribution >= 4 is 28.2 Å². The van der Waals surface area contributed by atoms with E-state index in [1.54, 1.807) is 24.5 Å². The number of hydrogen-bond acceptors (Lipinski definition) is 5. The van der Waals surface area contributed by atoms with Crippen LogP contribution in [0, 0.1) is 6.92 Å². The molecule has 2 N–H and O–H groups in total. The molecule has 9 heteroatoms. The zero-order valence-electron chi connectivity index (χ0n) is 15.5. The van der Waals surface area contributed by atoms with E-state index >= 15 is 0 Å². The predicted octanol–water partition coefficient (Wildman–Crippen LogP) is 4.23. The first-order valence-electron chi connectivity index (χ1n) is 8.81. The number of anilines is 3. The van der Waals surface area contributed by atoms with E-state index in [-0.39, 0.29) is 23.3 Å². The molecule has 0 atom stereocenters. The first-order chi connectivity index (χ1) is 13.3. The van der Waals surface area contributed by atoms with Crippen LogP contribution in [-0.2, 0) is 6.54 Å². The largest absolute Gasteiger partial charge is 0.390 e. The Balaban J connectivity index is 2.03. The van der Waals surface area contributed by atoms with E-state index in [0.29, 0.717) is 23.6 Å². The number of fused-ring (bicyclic) bond motifs is 1. The molecule has 0 radical (unpaired) electrons. The Kier molecular flexibility index (Phi) is 5.53. The molecule has 0 aliphatic carbocycles. The van der Waals surface area contributed by atoms with Crippen LogP contribution < -0.4 is 16.2 Å². The summed E-state index contributed by atoms with van der Waals surface area (Å²) in [5.41, 5.74) is 0.690. The van der Waals surface area contributed by atoms with E-state index in [1.165, 1.54) is 4.57 Å². The molecule has 0 aromatic carbocycles. The normalized spacial score (nSPS) is 11.6. The second kappa shape index (κ2) is 7.87. The quantitative estimate of drug-likeness (QED) is 0.658. The van der Waals surface area contributed by atoms with Gasteiger partial charge < -0.3 is 15.2 Å². The molecule has 0 saturated heterocycles. The Morgan fingerprint density at radius 3 is 2.64 bits per heavy atom. The van der Waals surface area contributed by atoms with Crippen LogP contribution in [0.4, 0.5) is 30.6 Å². The predicted molar refractivity (Wildman–Crippen MR) is 103 cm³/mol. The molecule has 0 spiro atoms. The first-order valence-corrected chi connectivity index (χ1v) is 8.81. The van der Waals surface area contributed by atoms with Crippen molar-refractivity contribution in [1.29, 1.82) is 0 Å². The fourth-order valence-corrected chi connectivity index (χ4v) is 2.80. The monoisotopic (exact) mass is 391 g/mol. The van der Waals surface area contributed by atoms with Crippen molar-refractivity contribution in [3.05, 3.63) is 52.6 Å². The molecule has 0 aliphatic rings. The highest BCUT2D eigenvalue weighted by Crippen LogP contribution is 2.25. The zero-order valence-corrected chi connectivity index (χ0v) is 15.5. The molecule has 3 rings (SSSR count). The van der Waals surface area contributed by atoms with Gasteiger partial charge >= 0.3 is 6.18 Å². The van der Waals surface area contributed by atoms with Gasteiger partial charge in [-0.05, 0) is 49.1 Å². The number of nitrogens with zero attached hydrogens (tertiary/aromatic N) is 3. The maximum atomic E-state index is 12.7. The third-order valence-electron chi connectivity index (χ3n) is 4.17. The highest BCUT2D eigenvalue weighted by atomic mass is 19.4. The summed E-state index contributed by atoms with van der Waals surface area (Å²) in [5, 5.41) is 6.54. The van der Waals surface area contributed by atoms with Gasteiger partial charge in [0.05, 0.1) is 11.8 Å². The third kappa shape index (κ3) is 4.59. The summed E-state index contributed by atoms with van der Waals surface area (Å²) in [4.78, 5) is 21.2. The number of pyridine rings is 3. The second-order valence-corrected chi connectivity index (χ2v) is 6.36. The lowest BCUT2D eigenvalue weighted by Crippen LogP contribution is -2.21. The van der Waals surface area contributed by atoms with Crippen molar-refractivity contribution in [1.82, 2.24) is 14.5 Å². The fourth-order valence-electron chi connectivity index (χ4n) is 2.80. The molecule has 28 heavy (non-hydrogen) atoms. The number of rotatable bonds is 6. The van der Waals surface area contributed by atoms with Crippen LogP contribution in [0.15, 0.2) is 41.5 Å². The molecule has 0 amide bonds. The van der Waals surface area contributed by atoms with Crippen LogP contribution >= 0.6 is 0 Å². The summed E-state index contributed by atoms with van der Waals surface area (Å²) in [5.74, 6) is 1.05. The number of alkyl halides is 3. The van der Waals surface area contributed by atoms with Gasteiger partial charge in [-0.3, -0.25) is 4.79 Å². The minimum absolute atomic E-state index is 0.115. The summed E-state index contributed by atoms with van der Waals surface area (Å²) in [7, 11) is 0. The van der Waals surface area contributed by atoms with Crippen LogP contribution in [0.3, 0.4) is 0 Å². The van der Waals surface area contributed by atoms with Gasteiger partial charge in [0.25, 0.3) is 5.56 Å². The van der Waals surface area contributed by atoms with E-state index in [2.05, 4.69) is 20.6 Å². The number of aryl methyl sites for hydroxylation is 2. The molecule has 0 fully saturated rings. The average Bonchev–Trinajstić information content (AvgIpc) is 2.61. The SMILES string of the molecule is CCn1ccc2cc(Nc3cc(C)ccn3)nc(NCCC(F)(F)F)c2c1=O. The molecular formula is C19H20F3N5O. The highest BCUT2D eigenvalue weighted by Gasteiger charge is 2.26. The lowest BCUT2D eigenvalue weighted by atomic mass is 10.2. The summed E-state index contributed by atoms with van der Waals surface area (Å²) in [6, 6.07) is 7.08. The van der Waals surface area contributed by atoms with Crippen LogP contribution in [0.25, 0.3) is 10.8 Å². The second-order valence-electron chi connectivity index (χ2n) is 6.36. The van der Waals surface area contributed by atoms with Gasteiger partial charge in [-0.2, -0.15) is 13.2 Å². The molecule has 3 aromatic rings. The van der Waals surface area contributed by atoms with Crippen molar-refractivity contribution in [3.63, 3.8) is 0 Å². The van der Waals surface area contributed by atoms with Gasteiger partial charge in [-0.15, -0.1) is 0 Å². The van der Waals surface area contributed by atoms with Gasteiger partial charge in [0.15, 0.2) is 0 Å². The lowest BCUT2D eigenvalue weighted by Gasteiger charge is -2.14. The number of halogens is 3. The maximum absolute atomic E-state index is 12.7. The summed E-state index contributed by atoms with van der Waals surface area (Å²) >= 11 is 0. The van der Waals surface area contributed by atoms with Gasteiger partial charge in [-0.25, -0.2) is 9.97 Å². The molecular weight excluding hydrogens is 371 g/mol. The Morgan fingerprint density at radius 1 is 1.18 bits per heavy atom. The van der Waals surface area contributed by atoms with Crippen molar-refractivity contribution in [2.24, 2.45) is 0 Å². The first kappa shape index (κ1) is 19.7. The maximum Gasteiger partial charge on any atom is 0.390 e. The van der Waals surface area contributed by atoms with Gasteiger partial charge in [0, 0.05) is 25.5 Å². The Labute approximate surface area is 159 Å². The Hall–Kier alpha value is -3.10. The van der Waals surface area contributed by atoms with Crippen LogP contribution in [0.2, 0.25) is 0 Å². The molecule has 0 unspecified atom stereocenters. The van der Waals surface area contributed by atoms with Crippen molar-refractivity contribution in [2.75, 3.05) is 17.2 Å². The van der Waals surface area contributed by atoms with Crippen molar-refractivity contribution in [3.8, 4) is 0 Å². The molecule has 0 bridgehead atoms. The van der Waals surface area contributed by atoms with Crippen LogP contribution in [0.5, 0.6) is 0 Å². The van der Waals surface area contributed by atoms with Crippen molar-refractivity contribution < 1.29 is 13.2 Å². The van der Waals surface area contributed by atoms with Crippen molar-refractivity contribution in [2.45, 2.75) is 33.0 Å². The van der Waals surface area contributed by atoms with E-state index in [0.717, 1.165) is 5.56 Å². The molecule has 6 nitrogen and oxygen atoms in total.